The van der Waals surface area contributed by atoms with Crippen molar-refractivity contribution in [1.82, 2.24) is 0 Å². The molecule has 2 N–H and O–H groups in total. The van der Waals surface area contributed by atoms with Gasteiger partial charge in [-0.3, -0.25) is 4.79 Å². The lowest BCUT2D eigenvalue weighted by Gasteiger charge is -2.18. The van der Waals surface area contributed by atoms with Crippen molar-refractivity contribution in [2.45, 2.75) is 32.4 Å². The summed E-state index contributed by atoms with van der Waals surface area (Å²) in [5.74, 6) is 0.669. The summed E-state index contributed by atoms with van der Waals surface area (Å²) in [6.45, 7) is 4.42. The summed E-state index contributed by atoms with van der Waals surface area (Å²) in [4.78, 5) is 13.4. The van der Waals surface area contributed by atoms with E-state index in [1.165, 1.54) is 0 Å². The van der Waals surface area contributed by atoms with Crippen LogP contribution in [0.2, 0.25) is 5.02 Å². The first-order valence-corrected chi connectivity index (χ1v) is 6.37. The van der Waals surface area contributed by atoms with Gasteiger partial charge in [0.2, 0.25) is 5.91 Å². The van der Waals surface area contributed by atoms with Crippen molar-refractivity contribution in [1.29, 1.82) is 0 Å². The van der Waals surface area contributed by atoms with E-state index in [0.29, 0.717) is 23.7 Å². The van der Waals surface area contributed by atoms with Crippen molar-refractivity contribution in [3.05, 3.63) is 23.2 Å². The number of amides is 1. The first-order chi connectivity index (χ1) is 8.47. The van der Waals surface area contributed by atoms with Crippen molar-refractivity contribution >= 4 is 23.2 Å². The highest BCUT2D eigenvalue weighted by molar-refractivity contribution is 6.32. The predicted molar refractivity (Wildman–Crippen MR) is 72.2 cm³/mol. The molecular weight excluding hydrogens is 252 g/mol. The summed E-state index contributed by atoms with van der Waals surface area (Å²) in [6, 6.07) is 5.27. The second-order valence-electron chi connectivity index (χ2n) is 4.75. The van der Waals surface area contributed by atoms with Crippen molar-refractivity contribution in [3.8, 4) is 5.75 Å². The molecule has 1 saturated heterocycles. The highest BCUT2D eigenvalue weighted by Gasteiger charge is 2.28. The SMILES string of the molecule is CC(C)Oc1ccc(N2CC(N)CC2=O)cc1Cl. The van der Waals surface area contributed by atoms with Gasteiger partial charge in [0.15, 0.2) is 0 Å². The minimum atomic E-state index is -0.0946. The minimum absolute atomic E-state index is 0.0381. The Morgan fingerprint density at radius 3 is 2.72 bits per heavy atom. The average Bonchev–Trinajstić information content (AvgIpc) is 2.60. The topological polar surface area (TPSA) is 55.6 Å². The van der Waals surface area contributed by atoms with E-state index in [1.54, 1.807) is 17.0 Å². The van der Waals surface area contributed by atoms with Crippen LogP contribution in [0.3, 0.4) is 0 Å². The van der Waals surface area contributed by atoms with Gasteiger partial charge in [0.05, 0.1) is 11.1 Å². The van der Waals surface area contributed by atoms with E-state index < -0.39 is 0 Å². The molecule has 18 heavy (non-hydrogen) atoms. The second kappa shape index (κ2) is 5.16. The Labute approximate surface area is 112 Å². The standard InChI is InChI=1S/C13H17ClN2O2/c1-8(2)18-12-4-3-10(6-11(12)14)16-7-9(15)5-13(16)17/h3-4,6,8-9H,5,7,15H2,1-2H3. The van der Waals surface area contributed by atoms with E-state index in [2.05, 4.69) is 0 Å². The zero-order valence-electron chi connectivity index (χ0n) is 10.5. The number of nitrogens with two attached hydrogens (primary N) is 1. The van der Waals surface area contributed by atoms with E-state index in [1.807, 2.05) is 19.9 Å². The van der Waals surface area contributed by atoms with E-state index in [-0.39, 0.29) is 18.1 Å². The Kier molecular flexibility index (Phi) is 3.78. The molecule has 2 rings (SSSR count). The van der Waals surface area contributed by atoms with E-state index >= 15 is 0 Å². The monoisotopic (exact) mass is 268 g/mol. The molecule has 0 spiro atoms. The number of nitrogens with zero attached hydrogens (tertiary/aromatic N) is 1. The molecule has 5 heteroatoms. The van der Waals surface area contributed by atoms with Crippen LogP contribution in [0.5, 0.6) is 5.75 Å². The molecule has 0 aliphatic carbocycles. The molecule has 0 saturated carbocycles. The van der Waals surface area contributed by atoms with Gasteiger partial charge < -0.3 is 15.4 Å². The highest BCUT2D eigenvalue weighted by atomic mass is 35.5. The highest BCUT2D eigenvalue weighted by Crippen LogP contribution is 2.31. The van der Waals surface area contributed by atoms with Crippen LogP contribution in [-0.4, -0.2) is 24.6 Å². The summed E-state index contributed by atoms with van der Waals surface area (Å²) in [6.07, 6.45) is 0.456. The molecule has 1 aliphatic heterocycles. The third-order valence-corrected chi connectivity index (χ3v) is 3.04. The molecular formula is C13H17ClN2O2. The molecule has 1 aromatic carbocycles. The maximum absolute atomic E-state index is 11.7. The number of benzene rings is 1. The third kappa shape index (κ3) is 2.76. The van der Waals surface area contributed by atoms with Crippen molar-refractivity contribution < 1.29 is 9.53 Å². The van der Waals surface area contributed by atoms with Crippen LogP contribution in [0.25, 0.3) is 0 Å². The van der Waals surface area contributed by atoms with Gasteiger partial charge in [-0.2, -0.15) is 0 Å². The molecule has 0 bridgehead atoms. The van der Waals surface area contributed by atoms with Gasteiger partial charge in [0.25, 0.3) is 0 Å². The first kappa shape index (κ1) is 13.2. The van der Waals surface area contributed by atoms with E-state index in [0.717, 1.165) is 5.69 Å². The number of anilines is 1. The Bertz CT molecular complexity index is 462. The Balaban J connectivity index is 2.21. The van der Waals surface area contributed by atoms with Crippen LogP contribution < -0.4 is 15.4 Å². The minimum Gasteiger partial charge on any atom is -0.489 e. The fourth-order valence-electron chi connectivity index (χ4n) is 1.99. The Morgan fingerprint density at radius 2 is 2.22 bits per heavy atom. The summed E-state index contributed by atoms with van der Waals surface area (Å²) < 4.78 is 5.55. The lowest BCUT2D eigenvalue weighted by molar-refractivity contribution is -0.117. The second-order valence-corrected chi connectivity index (χ2v) is 5.16. The maximum Gasteiger partial charge on any atom is 0.228 e. The van der Waals surface area contributed by atoms with Crippen LogP contribution in [0.1, 0.15) is 20.3 Å². The van der Waals surface area contributed by atoms with E-state index in [4.69, 9.17) is 22.1 Å². The number of rotatable bonds is 3. The van der Waals surface area contributed by atoms with Gasteiger partial charge >= 0.3 is 0 Å². The lowest BCUT2D eigenvalue weighted by atomic mass is 10.2. The van der Waals surface area contributed by atoms with Gasteiger partial charge in [-0.25, -0.2) is 0 Å². The normalized spacial score (nSPS) is 19.7. The van der Waals surface area contributed by atoms with Crippen molar-refractivity contribution in [2.24, 2.45) is 5.73 Å². The first-order valence-electron chi connectivity index (χ1n) is 5.99. The molecule has 1 amide bonds. The Hall–Kier alpha value is -1.26. The quantitative estimate of drug-likeness (QED) is 0.914. The van der Waals surface area contributed by atoms with Crippen LogP contribution in [0.4, 0.5) is 5.69 Å². The lowest BCUT2D eigenvalue weighted by Crippen LogP contribution is -2.27. The largest absolute Gasteiger partial charge is 0.489 e. The summed E-state index contributed by atoms with van der Waals surface area (Å²) >= 11 is 6.14. The molecule has 1 aromatic rings. The summed E-state index contributed by atoms with van der Waals surface area (Å²) in [7, 11) is 0. The van der Waals surface area contributed by atoms with Gasteiger partial charge in [-0.05, 0) is 32.0 Å². The fraction of sp³-hybridized carbons (Fsp3) is 0.462. The molecule has 1 heterocycles. The van der Waals surface area contributed by atoms with Crippen LogP contribution in [-0.2, 0) is 4.79 Å². The molecule has 0 aromatic heterocycles. The molecule has 0 radical (unpaired) electrons. The summed E-state index contributed by atoms with van der Waals surface area (Å²) in [5.41, 5.74) is 6.54. The zero-order valence-corrected chi connectivity index (χ0v) is 11.3. The molecule has 1 aliphatic rings. The molecule has 1 atom stereocenters. The van der Waals surface area contributed by atoms with Crippen LogP contribution in [0, 0.1) is 0 Å². The van der Waals surface area contributed by atoms with Crippen LogP contribution in [0.15, 0.2) is 18.2 Å². The fourth-order valence-corrected chi connectivity index (χ4v) is 2.21. The Morgan fingerprint density at radius 1 is 1.50 bits per heavy atom. The number of hydrogen-bond donors (Lipinski definition) is 1. The third-order valence-electron chi connectivity index (χ3n) is 2.74. The van der Waals surface area contributed by atoms with Crippen LogP contribution >= 0.6 is 11.6 Å². The number of hydrogen-bond acceptors (Lipinski definition) is 3. The van der Waals surface area contributed by atoms with Gasteiger partial charge in [-0.1, -0.05) is 11.6 Å². The number of halogens is 1. The average molecular weight is 269 g/mol. The van der Waals surface area contributed by atoms with Crippen molar-refractivity contribution in [3.63, 3.8) is 0 Å². The smallest absolute Gasteiger partial charge is 0.228 e. The number of ether oxygens (including phenoxy) is 1. The van der Waals surface area contributed by atoms with Gasteiger partial charge in [0, 0.05) is 24.7 Å². The number of carbonyl (C=O) groups is 1. The maximum atomic E-state index is 11.7. The van der Waals surface area contributed by atoms with E-state index in [9.17, 15) is 4.79 Å². The van der Waals surface area contributed by atoms with Crippen molar-refractivity contribution in [2.75, 3.05) is 11.4 Å². The number of carbonyl (C=O) groups excluding carboxylic acids is 1. The molecule has 1 unspecified atom stereocenters. The van der Waals surface area contributed by atoms with Gasteiger partial charge in [0.1, 0.15) is 5.75 Å². The molecule has 98 valence electrons. The molecule has 1 fully saturated rings. The zero-order chi connectivity index (χ0) is 13.3. The van der Waals surface area contributed by atoms with Gasteiger partial charge in [-0.15, -0.1) is 0 Å². The predicted octanol–water partition coefficient (Wildman–Crippen LogP) is 2.19. The molecule has 4 nitrogen and oxygen atoms in total. The summed E-state index contributed by atoms with van der Waals surface area (Å²) in [5, 5.41) is 0.509.